The number of thioether (sulfide) groups is 1. The number of sulfone groups is 1. The molecule has 19 heavy (non-hydrogen) atoms. The average Bonchev–Trinajstić information content (AvgIpc) is 2.76. The van der Waals surface area contributed by atoms with E-state index < -0.39 is 9.84 Å². The van der Waals surface area contributed by atoms with Crippen LogP contribution >= 0.6 is 23.4 Å². The zero-order valence-electron chi connectivity index (χ0n) is 10.3. The minimum atomic E-state index is -2.89. The molecule has 0 radical (unpaired) electrons. The number of aryl methyl sites for hydroxylation is 1. The molecule has 4 nitrogen and oxygen atoms in total. The predicted octanol–water partition coefficient (Wildman–Crippen LogP) is 2.33. The van der Waals surface area contributed by atoms with Crippen LogP contribution in [0.5, 0.6) is 0 Å². The van der Waals surface area contributed by atoms with Crippen molar-refractivity contribution in [1.82, 2.24) is 0 Å². The Morgan fingerprint density at radius 2 is 2.21 bits per heavy atom. The van der Waals surface area contributed by atoms with Crippen LogP contribution in [0.3, 0.4) is 0 Å². The third-order valence-corrected chi connectivity index (χ3v) is 6.64. The van der Waals surface area contributed by atoms with Crippen LogP contribution in [0.1, 0.15) is 5.56 Å². The highest BCUT2D eigenvalue weighted by Gasteiger charge is 2.42. The Bertz CT molecular complexity index is 658. The van der Waals surface area contributed by atoms with Gasteiger partial charge in [0, 0.05) is 16.0 Å². The van der Waals surface area contributed by atoms with Gasteiger partial charge in [0.15, 0.2) is 15.0 Å². The third-order valence-electron chi connectivity index (χ3n) is 3.26. The maximum Gasteiger partial charge on any atom is 0.161 e. The summed E-state index contributed by atoms with van der Waals surface area (Å²) in [6, 6.07) is 5.53. The Kier molecular flexibility index (Phi) is 3.27. The lowest BCUT2D eigenvalue weighted by Gasteiger charge is -2.09. The maximum atomic E-state index is 11.5. The lowest BCUT2D eigenvalue weighted by molar-refractivity contribution is 0.601. The molecule has 0 amide bonds. The van der Waals surface area contributed by atoms with Crippen molar-refractivity contribution < 1.29 is 8.42 Å². The van der Waals surface area contributed by atoms with Crippen LogP contribution in [-0.2, 0) is 9.84 Å². The number of nitrogens with one attached hydrogen (secondary N) is 1. The number of hydrogen-bond acceptors (Lipinski definition) is 5. The van der Waals surface area contributed by atoms with E-state index in [-0.39, 0.29) is 22.8 Å². The second-order valence-electron chi connectivity index (χ2n) is 4.82. The molecule has 7 heteroatoms. The van der Waals surface area contributed by atoms with Gasteiger partial charge in [0.25, 0.3) is 0 Å². The molecule has 2 aliphatic heterocycles. The van der Waals surface area contributed by atoms with Crippen LogP contribution in [-0.4, -0.2) is 36.4 Å². The van der Waals surface area contributed by atoms with Gasteiger partial charge < -0.3 is 5.32 Å². The topological polar surface area (TPSA) is 58.5 Å². The number of hydrogen-bond donors (Lipinski definition) is 1. The average molecular weight is 317 g/mol. The highest BCUT2D eigenvalue weighted by atomic mass is 35.5. The van der Waals surface area contributed by atoms with E-state index in [9.17, 15) is 8.42 Å². The Hall–Kier alpha value is -0.720. The van der Waals surface area contributed by atoms with Crippen LogP contribution in [0.25, 0.3) is 0 Å². The van der Waals surface area contributed by atoms with Gasteiger partial charge in [-0.3, -0.25) is 4.99 Å². The van der Waals surface area contributed by atoms with Gasteiger partial charge in [0.1, 0.15) is 0 Å². The molecule has 0 saturated carbocycles. The monoisotopic (exact) mass is 316 g/mol. The molecule has 3 rings (SSSR count). The Morgan fingerprint density at radius 1 is 1.42 bits per heavy atom. The molecule has 1 fully saturated rings. The SMILES string of the molecule is Cc1ccc(Cl)cc1NC1=N[C@@H]2CS(=O)(=O)C[C@H]2S1. The van der Waals surface area contributed by atoms with Crippen molar-refractivity contribution in [3.8, 4) is 0 Å². The van der Waals surface area contributed by atoms with E-state index in [1.54, 1.807) is 0 Å². The third kappa shape index (κ3) is 2.75. The molecule has 2 heterocycles. The largest absolute Gasteiger partial charge is 0.335 e. The van der Waals surface area contributed by atoms with Crippen molar-refractivity contribution in [2.45, 2.75) is 18.2 Å². The Morgan fingerprint density at radius 3 is 2.95 bits per heavy atom. The van der Waals surface area contributed by atoms with Gasteiger partial charge in [0.2, 0.25) is 0 Å². The summed E-state index contributed by atoms with van der Waals surface area (Å²) in [5, 5.41) is 4.76. The van der Waals surface area contributed by atoms with Crippen molar-refractivity contribution in [3.05, 3.63) is 28.8 Å². The number of aliphatic imine (C=N–C) groups is 1. The van der Waals surface area contributed by atoms with Crippen LogP contribution in [0.2, 0.25) is 5.02 Å². The quantitative estimate of drug-likeness (QED) is 0.864. The van der Waals surface area contributed by atoms with Crippen molar-refractivity contribution in [2.75, 3.05) is 16.8 Å². The van der Waals surface area contributed by atoms with Crippen LogP contribution in [0, 0.1) is 6.92 Å². The summed E-state index contributed by atoms with van der Waals surface area (Å²) in [7, 11) is -2.89. The first-order valence-electron chi connectivity index (χ1n) is 5.91. The zero-order valence-corrected chi connectivity index (χ0v) is 12.6. The maximum absolute atomic E-state index is 11.5. The molecule has 102 valence electrons. The normalized spacial score (nSPS) is 28.0. The fourth-order valence-electron chi connectivity index (χ4n) is 2.26. The number of amidine groups is 1. The van der Waals surface area contributed by atoms with Gasteiger partial charge in [-0.1, -0.05) is 29.4 Å². The summed E-state index contributed by atoms with van der Waals surface area (Å²) < 4.78 is 23.0. The van der Waals surface area contributed by atoms with Gasteiger partial charge >= 0.3 is 0 Å². The fourth-order valence-corrected chi connectivity index (χ4v) is 6.10. The predicted molar refractivity (Wildman–Crippen MR) is 81.1 cm³/mol. The first-order chi connectivity index (χ1) is 8.93. The highest BCUT2D eigenvalue weighted by Crippen LogP contribution is 2.35. The summed E-state index contributed by atoms with van der Waals surface area (Å²) >= 11 is 7.48. The van der Waals surface area contributed by atoms with Gasteiger partial charge in [-0.2, -0.15) is 0 Å². The summed E-state index contributed by atoms with van der Waals surface area (Å²) in [5.74, 6) is 0.399. The zero-order chi connectivity index (χ0) is 13.6. The standard InChI is InChI=1S/C12H13ClN2O2S2/c1-7-2-3-8(13)4-9(7)14-12-15-10-5-19(16,17)6-11(10)18-12/h2-4,10-11H,5-6H2,1H3,(H,14,15)/t10-,11-/m1/s1. The van der Waals surface area contributed by atoms with Gasteiger partial charge in [-0.15, -0.1) is 0 Å². The van der Waals surface area contributed by atoms with Crippen molar-refractivity contribution in [1.29, 1.82) is 0 Å². The van der Waals surface area contributed by atoms with Gasteiger partial charge in [-0.25, -0.2) is 8.42 Å². The molecule has 0 aromatic heterocycles. The van der Waals surface area contributed by atoms with Crippen LogP contribution < -0.4 is 5.32 Å². The van der Waals surface area contributed by atoms with E-state index in [0.29, 0.717) is 5.02 Å². The summed E-state index contributed by atoms with van der Waals surface area (Å²) in [5.41, 5.74) is 2.00. The fraction of sp³-hybridized carbons (Fsp3) is 0.417. The number of halogens is 1. The molecule has 0 aliphatic carbocycles. The molecular formula is C12H13ClN2O2S2. The van der Waals surface area contributed by atoms with Gasteiger partial charge in [0.05, 0.1) is 17.5 Å². The number of fused-ring (bicyclic) bond motifs is 1. The number of rotatable bonds is 1. The number of nitrogens with zero attached hydrogens (tertiary/aromatic N) is 1. The molecule has 1 aromatic carbocycles. The molecule has 0 bridgehead atoms. The number of benzene rings is 1. The highest BCUT2D eigenvalue weighted by molar-refractivity contribution is 8.15. The van der Waals surface area contributed by atoms with E-state index in [0.717, 1.165) is 16.4 Å². The Balaban J connectivity index is 1.78. The lowest BCUT2D eigenvalue weighted by Crippen LogP contribution is -2.13. The number of anilines is 1. The van der Waals surface area contributed by atoms with Crippen LogP contribution in [0.15, 0.2) is 23.2 Å². The Labute approximate surface area is 121 Å². The second-order valence-corrected chi connectivity index (χ2v) is 8.64. The van der Waals surface area contributed by atoms with Gasteiger partial charge in [-0.05, 0) is 24.6 Å². The summed E-state index contributed by atoms with van der Waals surface area (Å²) in [4.78, 5) is 4.46. The molecule has 1 saturated heterocycles. The van der Waals surface area contributed by atoms with Crippen molar-refractivity contribution in [2.24, 2.45) is 4.99 Å². The lowest BCUT2D eigenvalue weighted by atomic mass is 10.2. The summed E-state index contributed by atoms with van der Waals surface area (Å²) in [6.07, 6.45) is 0. The minimum Gasteiger partial charge on any atom is -0.335 e. The minimum absolute atomic E-state index is 0.0620. The molecule has 2 atom stereocenters. The molecule has 0 spiro atoms. The van der Waals surface area contributed by atoms with Crippen LogP contribution in [0.4, 0.5) is 5.69 Å². The van der Waals surface area contributed by atoms with E-state index in [2.05, 4.69) is 10.3 Å². The molecular weight excluding hydrogens is 304 g/mol. The van der Waals surface area contributed by atoms with E-state index in [1.807, 2.05) is 25.1 Å². The van der Waals surface area contributed by atoms with Crippen molar-refractivity contribution in [3.63, 3.8) is 0 Å². The molecule has 1 N–H and O–H groups in total. The first kappa shape index (κ1) is 13.3. The van der Waals surface area contributed by atoms with E-state index in [4.69, 9.17) is 11.6 Å². The van der Waals surface area contributed by atoms with Crippen molar-refractivity contribution >= 4 is 44.1 Å². The van der Waals surface area contributed by atoms with E-state index >= 15 is 0 Å². The smallest absolute Gasteiger partial charge is 0.161 e. The summed E-state index contributed by atoms with van der Waals surface area (Å²) in [6.45, 7) is 1.99. The first-order valence-corrected chi connectivity index (χ1v) is 8.99. The second kappa shape index (κ2) is 4.68. The molecule has 2 aliphatic rings. The molecule has 0 unspecified atom stereocenters. The van der Waals surface area contributed by atoms with E-state index in [1.165, 1.54) is 11.8 Å². The molecule has 1 aromatic rings.